The Morgan fingerprint density at radius 2 is 2.60 bits per heavy atom. The maximum Gasteiger partial charge on any atom is 0.0865 e. The molecule has 0 radical (unpaired) electrons. The first kappa shape index (κ1) is 7.55. The third-order valence-electron chi connectivity index (χ3n) is 1.80. The lowest BCUT2D eigenvalue weighted by atomic mass is 10.0. The summed E-state index contributed by atoms with van der Waals surface area (Å²) >= 11 is 0. The largest absolute Gasteiger partial charge is 0.381 e. The summed E-state index contributed by atoms with van der Waals surface area (Å²) in [5.74, 6) is 8.19. The molecule has 1 fully saturated rings. The van der Waals surface area contributed by atoms with Crippen LogP contribution in [0.4, 0.5) is 0 Å². The van der Waals surface area contributed by atoms with Crippen LogP contribution >= 0.6 is 0 Å². The monoisotopic (exact) mass is 140 g/mol. The van der Waals surface area contributed by atoms with Gasteiger partial charge in [-0.05, 0) is 6.42 Å². The summed E-state index contributed by atoms with van der Waals surface area (Å²) in [6.45, 7) is 1.55. The van der Waals surface area contributed by atoms with Gasteiger partial charge in [-0.15, -0.1) is 6.42 Å². The standard InChI is InChI=1S/C7H12N2O/c1-2-7(9-8)6-3-4-10-5-6/h1,6-7,9H,3-5,8H2. The molecule has 3 heteroatoms. The molecule has 0 aliphatic carbocycles. The van der Waals surface area contributed by atoms with Gasteiger partial charge >= 0.3 is 0 Å². The molecule has 1 aliphatic heterocycles. The maximum absolute atomic E-state index is 5.22. The van der Waals surface area contributed by atoms with Crippen LogP contribution in [0.5, 0.6) is 0 Å². The highest BCUT2D eigenvalue weighted by Gasteiger charge is 2.22. The Kier molecular flexibility index (Phi) is 2.69. The Hall–Kier alpha value is -0.560. The van der Waals surface area contributed by atoms with E-state index < -0.39 is 0 Å². The van der Waals surface area contributed by atoms with Crippen LogP contribution in [0.1, 0.15) is 6.42 Å². The molecule has 0 spiro atoms. The summed E-state index contributed by atoms with van der Waals surface area (Å²) in [5.41, 5.74) is 2.58. The van der Waals surface area contributed by atoms with Crippen LogP contribution < -0.4 is 11.3 Å². The van der Waals surface area contributed by atoms with Crippen molar-refractivity contribution in [1.29, 1.82) is 0 Å². The van der Waals surface area contributed by atoms with Crippen molar-refractivity contribution in [2.24, 2.45) is 11.8 Å². The minimum Gasteiger partial charge on any atom is -0.381 e. The third kappa shape index (κ3) is 1.48. The number of nitrogens with two attached hydrogens (primary N) is 1. The normalized spacial score (nSPS) is 27.8. The number of hydrogen-bond donors (Lipinski definition) is 2. The lowest BCUT2D eigenvalue weighted by Gasteiger charge is -2.14. The fourth-order valence-corrected chi connectivity index (χ4v) is 1.14. The predicted molar refractivity (Wildman–Crippen MR) is 38.9 cm³/mol. The van der Waals surface area contributed by atoms with Gasteiger partial charge in [0.2, 0.25) is 0 Å². The van der Waals surface area contributed by atoms with Crippen molar-refractivity contribution in [1.82, 2.24) is 5.43 Å². The van der Waals surface area contributed by atoms with Crippen LogP contribution in [0.2, 0.25) is 0 Å². The summed E-state index contributed by atoms with van der Waals surface area (Å²) < 4.78 is 5.15. The fourth-order valence-electron chi connectivity index (χ4n) is 1.14. The van der Waals surface area contributed by atoms with Gasteiger partial charge in [0, 0.05) is 12.5 Å². The lowest BCUT2D eigenvalue weighted by molar-refractivity contribution is 0.181. The molecule has 1 rings (SSSR count). The van der Waals surface area contributed by atoms with Crippen molar-refractivity contribution >= 4 is 0 Å². The van der Waals surface area contributed by atoms with E-state index >= 15 is 0 Å². The molecule has 1 heterocycles. The molecule has 1 aliphatic rings. The van der Waals surface area contributed by atoms with Crippen molar-refractivity contribution in [3.8, 4) is 12.3 Å². The zero-order valence-corrected chi connectivity index (χ0v) is 5.84. The van der Waals surface area contributed by atoms with Crippen LogP contribution in [-0.4, -0.2) is 19.3 Å². The first-order valence-corrected chi connectivity index (χ1v) is 3.38. The molecule has 3 nitrogen and oxygen atoms in total. The lowest BCUT2D eigenvalue weighted by Crippen LogP contribution is -2.39. The van der Waals surface area contributed by atoms with Crippen LogP contribution in [0.15, 0.2) is 0 Å². The number of ether oxygens (including phenoxy) is 1. The molecule has 3 N–H and O–H groups in total. The van der Waals surface area contributed by atoms with Gasteiger partial charge in [-0.1, -0.05) is 5.92 Å². The Labute approximate surface area is 60.9 Å². The van der Waals surface area contributed by atoms with Crippen molar-refractivity contribution in [2.45, 2.75) is 12.5 Å². The molecule has 0 amide bonds. The molecule has 1 saturated heterocycles. The van der Waals surface area contributed by atoms with E-state index in [-0.39, 0.29) is 6.04 Å². The number of terminal acetylenes is 1. The molecular weight excluding hydrogens is 128 g/mol. The van der Waals surface area contributed by atoms with E-state index in [1.165, 1.54) is 0 Å². The van der Waals surface area contributed by atoms with Gasteiger partial charge in [0.1, 0.15) is 0 Å². The van der Waals surface area contributed by atoms with E-state index in [0.29, 0.717) is 5.92 Å². The van der Waals surface area contributed by atoms with Gasteiger partial charge in [0.25, 0.3) is 0 Å². The van der Waals surface area contributed by atoms with Crippen LogP contribution in [-0.2, 0) is 4.74 Å². The van der Waals surface area contributed by atoms with Crippen molar-refractivity contribution in [2.75, 3.05) is 13.2 Å². The van der Waals surface area contributed by atoms with Gasteiger partial charge in [0.15, 0.2) is 0 Å². The SMILES string of the molecule is C#CC(NN)C1CCOC1. The molecule has 10 heavy (non-hydrogen) atoms. The van der Waals surface area contributed by atoms with Crippen LogP contribution in [0.3, 0.4) is 0 Å². The average molecular weight is 140 g/mol. The molecule has 2 atom stereocenters. The van der Waals surface area contributed by atoms with Gasteiger partial charge < -0.3 is 4.74 Å². The first-order chi connectivity index (χ1) is 4.88. The topological polar surface area (TPSA) is 47.3 Å². The molecular formula is C7H12N2O. The highest BCUT2D eigenvalue weighted by atomic mass is 16.5. The van der Waals surface area contributed by atoms with Crippen molar-refractivity contribution in [3.63, 3.8) is 0 Å². The van der Waals surface area contributed by atoms with Crippen molar-refractivity contribution < 1.29 is 4.74 Å². The van der Waals surface area contributed by atoms with E-state index in [9.17, 15) is 0 Å². The number of nitrogens with one attached hydrogen (secondary N) is 1. The Morgan fingerprint density at radius 1 is 1.80 bits per heavy atom. The summed E-state index contributed by atoms with van der Waals surface area (Å²) in [6, 6.07) is -0.0255. The van der Waals surface area contributed by atoms with E-state index in [1.54, 1.807) is 0 Å². The average Bonchev–Trinajstić information content (AvgIpc) is 2.43. The van der Waals surface area contributed by atoms with Crippen LogP contribution in [0.25, 0.3) is 0 Å². The van der Waals surface area contributed by atoms with Gasteiger partial charge in [0.05, 0.1) is 12.6 Å². The molecule has 0 aromatic heterocycles. The van der Waals surface area contributed by atoms with E-state index in [2.05, 4.69) is 11.3 Å². The molecule has 2 unspecified atom stereocenters. The smallest absolute Gasteiger partial charge is 0.0865 e. The van der Waals surface area contributed by atoms with Gasteiger partial charge in [-0.2, -0.15) is 0 Å². The molecule has 0 aromatic carbocycles. The van der Waals surface area contributed by atoms with E-state index in [0.717, 1.165) is 19.6 Å². The highest BCUT2D eigenvalue weighted by molar-refractivity contribution is 5.01. The van der Waals surface area contributed by atoms with Gasteiger partial charge in [-0.3, -0.25) is 5.84 Å². The summed E-state index contributed by atoms with van der Waals surface area (Å²) in [4.78, 5) is 0. The molecule has 0 saturated carbocycles. The van der Waals surface area contributed by atoms with Gasteiger partial charge in [-0.25, -0.2) is 5.43 Å². The Morgan fingerprint density at radius 3 is 3.00 bits per heavy atom. The zero-order valence-electron chi connectivity index (χ0n) is 5.84. The second kappa shape index (κ2) is 3.57. The second-order valence-corrected chi connectivity index (χ2v) is 2.43. The zero-order chi connectivity index (χ0) is 7.40. The minimum atomic E-state index is -0.0255. The fraction of sp³-hybridized carbons (Fsp3) is 0.714. The quantitative estimate of drug-likeness (QED) is 0.308. The van der Waals surface area contributed by atoms with E-state index in [1.807, 2.05) is 0 Å². The summed E-state index contributed by atoms with van der Waals surface area (Å²) in [7, 11) is 0. The summed E-state index contributed by atoms with van der Waals surface area (Å²) in [5, 5.41) is 0. The van der Waals surface area contributed by atoms with Crippen LogP contribution in [0, 0.1) is 18.3 Å². The number of hydrazine groups is 1. The first-order valence-electron chi connectivity index (χ1n) is 3.38. The third-order valence-corrected chi connectivity index (χ3v) is 1.80. The Bertz CT molecular complexity index is 135. The number of rotatable bonds is 2. The van der Waals surface area contributed by atoms with E-state index in [4.69, 9.17) is 17.0 Å². The molecule has 56 valence electrons. The highest BCUT2D eigenvalue weighted by Crippen LogP contribution is 2.15. The minimum absolute atomic E-state index is 0.0255. The second-order valence-electron chi connectivity index (χ2n) is 2.43. The van der Waals surface area contributed by atoms with Crippen molar-refractivity contribution in [3.05, 3.63) is 0 Å². The maximum atomic E-state index is 5.22. The number of hydrogen-bond acceptors (Lipinski definition) is 3. The molecule has 0 bridgehead atoms. The predicted octanol–water partition coefficient (Wildman–Crippen LogP) is -0.512. The summed E-state index contributed by atoms with van der Waals surface area (Å²) in [6.07, 6.45) is 6.23. The Balaban J connectivity index is 2.38. The molecule has 0 aromatic rings.